The summed E-state index contributed by atoms with van der Waals surface area (Å²) in [5.41, 5.74) is 8.43. The van der Waals surface area contributed by atoms with E-state index >= 15 is 0 Å². The van der Waals surface area contributed by atoms with E-state index in [0.29, 0.717) is 11.1 Å². The molecule has 4 heteroatoms. The SMILES string of the molecule is O=C1C(=Cc2ccc(N3c4ccccc4-c4ccccc4-c4ccccc43)[te]2)C(=O)c2ccccc21. The van der Waals surface area contributed by atoms with Gasteiger partial charge in [-0.1, -0.05) is 0 Å². The summed E-state index contributed by atoms with van der Waals surface area (Å²) in [5.74, 6) is -0.336. The van der Waals surface area contributed by atoms with Crippen LogP contribution in [0.3, 0.4) is 0 Å². The first-order valence-corrected chi connectivity index (χ1v) is 14.1. The van der Waals surface area contributed by atoms with E-state index < -0.39 is 20.4 Å². The molecule has 4 aromatic carbocycles. The van der Waals surface area contributed by atoms with Crippen molar-refractivity contribution in [1.29, 1.82) is 0 Å². The minimum atomic E-state index is -0.850. The predicted octanol–water partition coefficient (Wildman–Crippen LogP) is 7.32. The molecule has 0 atom stereocenters. The first-order valence-electron chi connectivity index (χ1n) is 11.8. The Labute approximate surface area is 218 Å². The monoisotopic (exact) mass is 579 g/mol. The van der Waals surface area contributed by atoms with Crippen molar-refractivity contribution in [2.24, 2.45) is 0 Å². The zero-order chi connectivity index (χ0) is 24.2. The van der Waals surface area contributed by atoms with Gasteiger partial charge in [0.2, 0.25) is 0 Å². The number of ketones is 2. The van der Waals surface area contributed by atoms with Gasteiger partial charge in [-0.05, 0) is 0 Å². The van der Waals surface area contributed by atoms with Crippen molar-refractivity contribution in [1.82, 2.24) is 0 Å². The number of carbonyl (C=O) groups excluding carboxylic acids is 2. The maximum absolute atomic E-state index is 12.9. The number of Topliss-reactive ketones (excluding diaryl/α,β-unsaturated/α-hetero) is 2. The molecule has 1 aliphatic heterocycles. The molecule has 1 aliphatic carbocycles. The van der Waals surface area contributed by atoms with E-state index in [1.807, 2.05) is 18.2 Å². The molecule has 0 N–H and O–H groups in total. The molecular formula is C32H19NO2Te. The van der Waals surface area contributed by atoms with Gasteiger partial charge >= 0.3 is 219 Å². The Balaban J connectivity index is 1.38. The molecule has 0 spiro atoms. The average Bonchev–Trinajstić information content (AvgIpc) is 3.44. The van der Waals surface area contributed by atoms with Gasteiger partial charge in [0, 0.05) is 0 Å². The van der Waals surface area contributed by atoms with Crippen molar-refractivity contribution >= 4 is 53.2 Å². The molecular weight excluding hydrogens is 558 g/mol. The number of fused-ring (bicyclic) bond motifs is 6. The van der Waals surface area contributed by atoms with Crippen LogP contribution >= 0.6 is 0 Å². The van der Waals surface area contributed by atoms with E-state index in [2.05, 4.69) is 89.8 Å². The molecule has 2 aliphatic rings. The number of anilines is 3. The number of rotatable bonds is 2. The quantitative estimate of drug-likeness (QED) is 0.123. The van der Waals surface area contributed by atoms with Gasteiger partial charge in [0.05, 0.1) is 0 Å². The van der Waals surface area contributed by atoms with Gasteiger partial charge in [-0.15, -0.1) is 0 Å². The first-order chi connectivity index (χ1) is 17.7. The van der Waals surface area contributed by atoms with Crippen LogP contribution in [-0.2, 0) is 0 Å². The molecule has 36 heavy (non-hydrogen) atoms. The van der Waals surface area contributed by atoms with E-state index in [9.17, 15) is 9.59 Å². The topological polar surface area (TPSA) is 37.4 Å². The van der Waals surface area contributed by atoms with Crippen molar-refractivity contribution in [3.05, 3.63) is 129 Å². The van der Waals surface area contributed by atoms with E-state index in [0.717, 1.165) is 15.0 Å². The summed E-state index contributed by atoms with van der Waals surface area (Å²) in [7, 11) is 0. The average molecular weight is 577 g/mol. The molecule has 0 saturated heterocycles. The molecule has 0 saturated carbocycles. The number of allylic oxidation sites excluding steroid dienone is 1. The molecule has 3 nitrogen and oxygen atoms in total. The van der Waals surface area contributed by atoms with E-state index in [1.165, 1.54) is 26.0 Å². The normalized spacial score (nSPS) is 13.6. The van der Waals surface area contributed by atoms with Crippen molar-refractivity contribution < 1.29 is 9.59 Å². The number of benzene rings is 4. The molecule has 1 aromatic heterocycles. The van der Waals surface area contributed by atoms with Crippen LogP contribution in [0, 0.1) is 0 Å². The summed E-state index contributed by atoms with van der Waals surface area (Å²) in [6.45, 7) is 0. The predicted molar refractivity (Wildman–Crippen MR) is 146 cm³/mol. The van der Waals surface area contributed by atoms with Gasteiger partial charge in [-0.3, -0.25) is 0 Å². The van der Waals surface area contributed by atoms with Gasteiger partial charge in [0.25, 0.3) is 0 Å². The van der Waals surface area contributed by atoms with Crippen LogP contribution in [0.15, 0.2) is 115 Å². The zero-order valence-corrected chi connectivity index (χ0v) is 21.5. The molecule has 0 bridgehead atoms. The third-order valence-electron chi connectivity index (χ3n) is 6.82. The fraction of sp³-hybridized carbons (Fsp3) is 0. The molecule has 170 valence electrons. The second kappa shape index (κ2) is 8.31. The number of hydrogen-bond acceptors (Lipinski definition) is 3. The molecule has 0 unspecified atom stereocenters. The Kier molecular flexibility index (Phi) is 4.92. The van der Waals surface area contributed by atoms with Crippen LogP contribution in [-0.4, -0.2) is 32.0 Å². The van der Waals surface area contributed by atoms with Gasteiger partial charge in [0.15, 0.2) is 0 Å². The Bertz CT molecular complexity index is 1640. The summed E-state index contributed by atoms with van der Waals surface area (Å²) in [5, 5.41) is 0. The van der Waals surface area contributed by atoms with Crippen LogP contribution in [0.5, 0.6) is 0 Å². The Hall–Kier alpha value is -3.97. The Morgan fingerprint density at radius 1 is 0.500 bits per heavy atom. The van der Waals surface area contributed by atoms with Crippen molar-refractivity contribution in [3.63, 3.8) is 0 Å². The maximum atomic E-state index is 12.9. The molecule has 7 rings (SSSR count). The molecule has 2 heterocycles. The second-order valence-electron chi connectivity index (χ2n) is 8.85. The van der Waals surface area contributed by atoms with Crippen LogP contribution < -0.4 is 4.90 Å². The number of nitrogens with zero attached hydrogens (tertiary/aromatic N) is 1. The minimum absolute atomic E-state index is 0.168. The van der Waals surface area contributed by atoms with Crippen LogP contribution in [0.2, 0.25) is 0 Å². The first kappa shape index (κ1) is 21.3. The van der Waals surface area contributed by atoms with Crippen molar-refractivity contribution in [3.8, 4) is 22.3 Å². The Morgan fingerprint density at radius 3 is 1.47 bits per heavy atom. The van der Waals surface area contributed by atoms with Crippen molar-refractivity contribution in [2.75, 3.05) is 4.90 Å². The fourth-order valence-corrected chi connectivity index (χ4v) is 7.99. The number of hydrogen-bond donors (Lipinski definition) is 0. The summed E-state index contributed by atoms with van der Waals surface area (Å²) in [6, 6.07) is 37.0. The fourth-order valence-electron chi connectivity index (χ4n) is 5.20. The molecule has 5 aromatic rings. The standard InChI is InChI=1S/C32H19NO2Te/c34-31-25-13-3-4-14-26(25)32(35)27(31)19-20-17-18-30(36-20)33-28-15-7-5-11-23(28)21-9-1-2-10-22(21)24-12-6-8-16-29(24)33/h1-19H. The van der Waals surface area contributed by atoms with E-state index in [4.69, 9.17) is 0 Å². The van der Waals surface area contributed by atoms with Gasteiger partial charge in [0.1, 0.15) is 0 Å². The summed E-state index contributed by atoms with van der Waals surface area (Å²) < 4.78 is 2.31. The van der Waals surface area contributed by atoms with Crippen LogP contribution in [0.1, 0.15) is 24.3 Å². The van der Waals surface area contributed by atoms with E-state index in [1.54, 1.807) is 12.1 Å². The van der Waals surface area contributed by atoms with Crippen molar-refractivity contribution in [2.45, 2.75) is 0 Å². The van der Waals surface area contributed by atoms with Crippen LogP contribution in [0.25, 0.3) is 28.3 Å². The van der Waals surface area contributed by atoms with Gasteiger partial charge in [-0.2, -0.15) is 0 Å². The summed E-state index contributed by atoms with van der Waals surface area (Å²) in [6.07, 6.45) is 1.83. The molecule has 0 radical (unpaired) electrons. The third kappa shape index (κ3) is 3.19. The van der Waals surface area contributed by atoms with Gasteiger partial charge in [-0.25, -0.2) is 0 Å². The number of carbonyl (C=O) groups is 2. The summed E-state index contributed by atoms with van der Waals surface area (Å²) in [4.78, 5) is 28.3. The third-order valence-corrected chi connectivity index (χ3v) is 9.73. The Morgan fingerprint density at radius 2 is 0.944 bits per heavy atom. The zero-order valence-electron chi connectivity index (χ0n) is 19.1. The summed E-state index contributed by atoms with van der Waals surface area (Å²) >= 11 is -0.850. The number of para-hydroxylation sites is 2. The van der Waals surface area contributed by atoms with E-state index in [-0.39, 0.29) is 17.1 Å². The molecule has 0 fully saturated rings. The second-order valence-corrected chi connectivity index (χ2v) is 12.0. The van der Waals surface area contributed by atoms with Crippen LogP contribution in [0.4, 0.5) is 15.1 Å². The van der Waals surface area contributed by atoms with Gasteiger partial charge < -0.3 is 0 Å². The molecule has 0 amide bonds.